The van der Waals surface area contributed by atoms with Gasteiger partial charge < -0.3 is 34.8 Å². The van der Waals surface area contributed by atoms with Gasteiger partial charge in [0.1, 0.15) is 35.2 Å². The van der Waals surface area contributed by atoms with Crippen LogP contribution in [0.15, 0.2) is 41.5 Å². The largest absolute Gasteiger partial charge is 0.468 e. The van der Waals surface area contributed by atoms with Crippen LogP contribution < -0.4 is 15.3 Å². The molecule has 2 heterocycles. The number of carbonyl (C=O) groups excluding carboxylic acids is 1. The fourth-order valence-electron chi connectivity index (χ4n) is 3.60. The molecule has 13 nitrogen and oxygen atoms in total. The van der Waals surface area contributed by atoms with E-state index in [2.05, 4.69) is 14.8 Å². The zero-order chi connectivity index (χ0) is 26.7. The van der Waals surface area contributed by atoms with Crippen molar-refractivity contribution in [1.29, 1.82) is 5.26 Å². The maximum atomic E-state index is 13.6. The Morgan fingerprint density at radius 3 is 2.78 bits per heavy atom. The van der Waals surface area contributed by atoms with Gasteiger partial charge in [0, 0.05) is 6.20 Å². The molecule has 2 aliphatic heterocycles. The molecule has 0 bridgehead atoms. The Morgan fingerprint density at radius 2 is 2.17 bits per heavy atom. The summed E-state index contributed by atoms with van der Waals surface area (Å²) in [6.07, 6.45) is -2.48. The van der Waals surface area contributed by atoms with Gasteiger partial charge in [-0.05, 0) is 32.1 Å². The molecule has 0 aliphatic carbocycles. The van der Waals surface area contributed by atoms with Gasteiger partial charge in [0.2, 0.25) is 6.35 Å². The van der Waals surface area contributed by atoms with E-state index in [9.17, 15) is 24.8 Å². The lowest BCUT2D eigenvalue weighted by atomic mass is 9.83. The molecule has 36 heavy (non-hydrogen) atoms. The Kier molecular flexibility index (Phi) is 8.63. The van der Waals surface area contributed by atoms with Crippen LogP contribution in [-0.2, 0) is 23.4 Å². The highest BCUT2D eigenvalue weighted by molar-refractivity contribution is 7.52. The van der Waals surface area contributed by atoms with E-state index in [0.29, 0.717) is 0 Å². The number of benzene rings is 1. The zero-order valence-corrected chi connectivity index (χ0v) is 21.3. The Labute approximate surface area is 212 Å². The molecule has 0 amide bonds. The second-order valence-electron chi connectivity index (χ2n) is 8.22. The SMILES string of the molecule is COC(=O)[C@H](C)NP(=O)(OC[C@H]1O[C@@H](N2C=CC(N)=NC2O)[C@](C)(C#N)[C@@H]1O)Oc1ccccc1Cl. The average Bonchev–Trinajstić information content (AvgIpc) is 3.09. The molecule has 0 radical (unpaired) electrons. The van der Waals surface area contributed by atoms with E-state index in [1.165, 1.54) is 43.2 Å². The topological polar surface area (TPSA) is 189 Å². The Bertz CT molecular complexity index is 1130. The number of rotatable bonds is 9. The fraction of sp³-hybridized carbons (Fsp3) is 0.476. The van der Waals surface area contributed by atoms with Crippen LogP contribution >= 0.6 is 19.3 Å². The monoisotopic (exact) mass is 543 g/mol. The first-order valence-corrected chi connectivity index (χ1v) is 12.6. The van der Waals surface area contributed by atoms with Crippen molar-refractivity contribution >= 4 is 31.2 Å². The number of aliphatic hydroxyl groups is 2. The van der Waals surface area contributed by atoms with Crippen LogP contribution in [0.5, 0.6) is 5.75 Å². The first kappa shape index (κ1) is 27.9. The maximum absolute atomic E-state index is 13.6. The second kappa shape index (κ2) is 11.1. The Hall–Kier alpha value is -2.69. The molecule has 1 aromatic rings. The third-order valence-corrected chi connectivity index (χ3v) is 7.56. The smallest absolute Gasteiger partial charge is 0.459 e. The third-order valence-electron chi connectivity index (χ3n) is 5.61. The number of carbonyl (C=O) groups is 1. The summed E-state index contributed by atoms with van der Waals surface area (Å²) in [6.45, 7) is 2.29. The van der Waals surface area contributed by atoms with Crippen LogP contribution in [-0.4, -0.2) is 71.5 Å². The normalized spacial score (nSPS) is 30.1. The van der Waals surface area contributed by atoms with E-state index in [4.69, 9.17) is 31.1 Å². The Morgan fingerprint density at radius 1 is 1.47 bits per heavy atom. The van der Waals surface area contributed by atoms with E-state index in [0.717, 1.165) is 7.11 Å². The molecule has 196 valence electrons. The van der Waals surface area contributed by atoms with Gasteiger partial charge in [-0.15, -0.1) is 0 Å². The number of aliphatic imine (C=N–C) groups is 1. The number of hydrogen-bond donors (Lipinski definition) is 4. The summed E-state index contributed by atoms with van der Waals surface area (Å²) in [5.41, 5.74) is 4.03. The van der Waals surface area contributed by atoms with Gasteiger partial charge in [-0.2, -0.15) is 10.3 Å². The van der Waals surface area contributed by atoms with Crippen molar-refractivity contribution in [2.45, 2.75) is 44.7 Å². The van der Waals surface area contributed by atoms with Gasteiger partial charge in [0.05, 0.1) is 24.8 Å². The number of esters is 1. The van der Waals surface area contributed by atoms with Crippen LogP contribution in [0.4, 0.5) is 0 Å². The molecule has 3 rings (SSSR count). The molecular weight excluding hydrogens is 517 g/mol. The molecule has 0 saturated carbocycles. The minimum Gasteiger partial charge on any atom is -0.468 e. The molecule has 2 aliphatic rings. The summed E-state index contributed by atoms with van der Waals surface area (Å²) < 4.78 is 35.2. The Balaban J connectivity index is 1.82. The molecule has 1 saturated heterocycles. The lowest BCUT2D eigenvalue weighted by Gasteiger charge is -2.36. The highest BCUT2D eigenvalue weighted by Gasteiger charge is 2.57. The van der Waals surface area contributed by atoms with Crippen molar-refractivity contribution in [1.82, 2.24) is 9.99 Å². The first-order chi connectivity index (χ1) is 16.9. The molecule has 0 spiro atoms. The number of nitrogens with two attached hydrogens (primary N) is 1. The summed E-state index contributed by atoms with van der Waals surface area (Å²) in [6, 6.07) is 7.08. The van der Waals surface area contributed by atoms with Gasteiger partial charge in [-0.25, -0.2) is 9.56 Å². The number of ether oxygens (including phenoxy) is 2. The number of amidine groups is 1. The highest BCUT2D eigenvalue weighted by atomic mass is 35.5. The summed E-state index contributed by atoms with van der Waals surface area (Å²) in [4.78, 5) is 16.9. The number of nitrogens with zero attached hydrogens (tertiary/aromatic N) is 3. The number of nitrogens with one attached hydrogen (secondary N) is 1. The zero-order valence-electron chi connectivity index (χ0n) is 19.6. The maximum Gasteiger partial charge on any atom is 0.459 e. The van der Waals surface area contributed by atoms with Gasteiger partial charge in [-0.3, -0.25) is 9.32 Å². The minimum absolute atomic E-state index is 0.0109. The number of halogens is 1. The number of nitriles is 1. The third kappa shape index (κ3) is 5.82. The highest BCUT2D eigenvalue weighted by Crippen LogP contribution is 2.48. The first-order valence-electron chi connectivity index (χ1n) is 10.7. The van der Waals surface area contributed by atoms with Crippen molar-refractivity contribution in [3.63, 3.8) is 0 Å². The van der Waals surface area contributed by atoms with E-state index >= 15 is 0 Å². The summed E-state index contributed by atoms with van der Waals surface area (Å²) >= 11 is 6.12. The fourth-order valence-corrected chi connectivity index (χ4v) is 5.35. The molecule has 15 heteroatoms. The van der Waals surface area contributed by atoms with Crippen molar-refractivity contribution in [2.75, 3.05) is 13.7 Å². The number of methoxy groups -OCH3 is 1. The van der Waals surface area contributed by atoms with E-state index in [-0.39, 0.29) is 16.6 Å². The van der Waals surface area contributed by atoms with Crippen molar-refractivity contribution < 1.29 is 38.1 Å². The molecule has 7 atom stereocenters. The lowest BCUT2D eigenvalue weighted by molar-refractivity contribution is -0.142. The van der Waals surface area contributed by atoms with Gasteiger partial charge in [0.25, 0.3) is 0 Å². The van der Waals surface area contributed by atoms with E-state index < -0.39 is 56.6 Å². The molecule has 2 unspecified atom stereocenters. The molecule has 5 N–H and O–H groups in total. The average molecular weight is 544 g/mol. The number of para-hydroxylation sites is 1. The van der Waals surface area contributed by atoms with E-state index in [1.54, 1.807) is 12.1 Å². The summed E-state index contributed by atoms with van der Waals surface area (Å²) in [7, 11) is -3.16. The van der Waals surface area contributed by atoms with Crippen LogP contribution in [0.2, 0.25) is 5.02 Å². The quantitative estimate of drug-likeness (QED) is 0.256. The van der Waals surface area contributed by atoms with Crippen LogP contribution in [0.1, 0.15) is 13.8 Å². The lowest BCUT2D eigenvalue weighted by Crippen LogP contribution is -2.50. The van der Waals surface area contributed by atoms with Gasteiger partial charge in [0.15, 0.2) is 6.23 Å². The van der Waals surface area contributed by atoms with Gasteiger partial charge >= 0.3 is 13.7 Å². The van der Waals surface area contributed by atoms with Crippen LogP contribution in [0.3, 0.4) is 0 Å². The van der Waals surface area contributed by atoms with Crippen LogP contribution in [0, 0.1) is 16.7 Å². The predicted octanol–water partition coefficient (Wildman–Crippen LogP) is 1.07. The molecule has 0 aromatic heterocycles. The van der Waals surface area contributed by atoms with E-state index in [1.807, 2.05) is 6.07 Å². The number of aliphatic hydroxyl groups excluding tert-OH is 2. The minimum atomic E-state index is -4.32. The van der Waals surface area contributed by atoms with Crippen molar-refractivity contribution in [3.05, 3.63) is 41.6 Å². The van der Waals surface area contributed by atoms with Crippen molar-refractivity contribution in [2.24, 2.45) is 16.1 Å². The summed E-state index contributed by atoms with van der Waals surface area (Å²) in [5.74, 6) is -0.655. The molecule has 1 aromatic carbocycles. The molecule has 1 fully saturated rings. The summed E-state index contributed by atoms with van der Waals surface area (Å²) in [5, 5.41) is 33.6. The van der Waals surface area contributed by atoms with Gasteiger partial charge in [-0.1, -0.05) is 23.7 Å². The standard InChI is InChI=1S/C21H27ClN5O8P/c1-12(18(29)32-3)26-36(31,35-14-7-5-4-6-13(14)22)33-10-15-17(28)21(2,11-23)19(34-15)27-9-8-16(24)25-20(27)30/h4-9,12,15,17,19-20,28,30H,10H2,1-3H3,(H2,24,25)(H,26,31)/t12-,15+,17+,19+,20?,21+,36?/m0/s1. The second-order valence-corrected chi connectivity index (χ2v) is 10.3. The predicted molar refractivity (Wildman–Crippen MR) is 127 cm³/mol. The van der Waals surface area contributed by atoms with Crippen LogP contribution in [0.25, 0.3) is 0 Å². The number of hydrogen-bond acceptors (Lipinski definition) is 12. The molecular formula is C21H27ClN5O8P. The van der Waals surface area contributed by atoms with Crippen molar-refractivity contribution in [3.8, 4) is 11.8 Å².